The number of benzene rings is 2. The Morgan fingerprint density at radius 3 is 2.21 bits per heavy atom. The minimum absolute atomic E-state index is 0.243. The summed E-state index contributed by atoms with van der Waals surface area (Å²) in [5.74, 6) is -0.0481. The number of hydrogen-bond donors (Lipinski definition) is 2. The molecule has 2 aromatic rings. The van der Waals surface area contributed by atoms with Crippen LogP contribution in [0.25, 0.3) is 0 Å². The van der Waals surface area contributed by atoms with Gasteiger partial charge in [0.1, 0.15) is 11.6 Å². The van der Waals surface area contributed by atoms with Gasteiger partial charge in [-0.05, 0) is 30.3 Å². The number of ether oxygens (including phenoxy) is 3. The molecule has 8 nitrogen and oxygen atoms in total. The third kappa shape index (κ3) is 5.44. The van der Waals surface area contributed by atoms with Crippen molar-refractivity contribution in [3.05, 3.63) is 53.3 Å². The van der Waals surface area contributed by atoms with Crippen LogP contribution in [0, 0.1) is 5.82 Å². The van der Waals surface area contributed by atoms with E-state index < -0.39 is 17.6 Å². The van der Waals surface area contributed by atoms with Gasteiger partial charge < -0.3 is 19.5 Å². The summed E-state index contributed by atoms with van der Waals surface area (Å²) in [5, 5.41) is 6.26. The van der Waals surface area contributed by atoms with Gasteiger partial charge in [0.05, 0.1) is 34.1 Å². The first-order chi connectivity index (χ1) is 13.5. The first kappa shape index (κ1) is 20.7. The van der Waals surface area contributed by atoms with Crippen LogP contribution in [0.4, 0.5) is 4.39 Å². The Hall–Kier alpha value is -3.62. The predicted octanol–water partition coefficient (Wildman–Crippen LogP) is 1.73. The van der Waals surface area contributed by atoms with Crippen LogP contribution in [-0.2, 0) is 4.79 Å². The second-order valence-corrected chi connectivity index (χ2v) is 5.43. The summed E-state index contributed by atoms with van der Waals surface area (Å²) in [6, 6.07) is 8.24. The smallest absolute Gasteiger partial charge is 0.259 e. The molecule has 0 aliphatic rings. The highest BCUT2D eigenvalue weighted by atomic mass is 19.1. The molecule has 9 heteroatoms. The molecule has 0 unspecified atom stereocenters. The van der Waals surface area contributed by atoms with E-state index in [1.165, 1.54) is 39.7 Å². The van der Waals surface area contributed by atoms with Gasteiger partial charge in [0.2, 0.25) is 0 Å². The van der Waals surface area contributed by atoms with E-state index in [9.17, 15) is 14.0 Å². The largest absolute Gasteiger partial charge is 0.496 e. The van der Waals surface area contributed by atoms with Crippen LogP contribution in [0.5, 0.6) is 17.2 Å². The van der Waals surface area contributed by atoms with E-state index in [-0.39, 0.29) is 12.1 Å². The lowest BCUT2D eigenvalue weighted by molar-refractivity contribution is -0.120. The Morgan fingerprint density at radius 1 is 1.00 bits per heavy atom. The van der Waals surface area contributed by atoms with Gasteiger partial charge in [0.25, 0.3) is 11.8 Å². The highest BCUT2D eigenvalue weighted by Gasteiger charge is 2.11. The van der Waals surface area contributed by atoms with Crippen LogP contribution in [0.3, 0.4) is 0 Å². The van der Waals surface area contributed by atoms with E-state index in [2.05, 4.69) is 15.8 Å². The SMILES string of the molecule is COc1cc(OC)c(OC)cc1/C=N\NC(=O)CNC(=O)c1ccc(F)cc1. The summed E-state index contributed by atoms with van der Waals surface area (Å²) in [7, 11) is 4.49. The second-order valence-electron chi connectivity index (χ2n) is 5.43. The molecule has 0 aliphatic carbocycles. The van der Waals surface area contributed by atoms with Crippen molar-refractivity contribution in [1.82, 2.24) is 10.7 Å². The lowest BCUT2D eigenvalue weighted by atomic mass is 10.2. The van der Waals surface area contributed by atoms with Crippen molar-refractivity contribution in [1.29, 1.82) is 0 Å². The van der Waals surface area contributed by atoms with Gasteiger partial charge in [-0.2, -0.15) is 5.10 Å². The van der Waals surface area contributed by atoms with E-state index >= 15 is 0 Å². The molecular weight excluding hydrogens is 369 g/mol. The van der Waals surface area contributed by atoms with Crippen molar-refractivity contribution in [3.8, 4) is 17.2 Å². The Balaban J connectivity index is 1.94. The summed E-state index contributed by atoms with van der Waals surface area (Å²) in [6.45, 7) is -0.295. The van der Waals surface area contributed by atoms with E-state index in [4.69, 9.17) is 14.2 Å². The Bertz CT molecular complexity index is 869. The average Bonchev–Trinajstić information content (AvgIpc) is 2.72. The van der Waals surface area contributed by atoms with Gasteiger partial charge in [-0.1, -0.05) is 0 Å². The number of halogens is 1. The molecule has 0 radical (unpaired) electrons. The summed E-state index contributed by atoms with van der Waals surface area (Å²) in [4.78, 5) is 23.7. The fraction of sp³-hybridized carbons (Fsp3) is 0.211. The standard InChI is InChI=1S/C19H20FN3O5/c1-26-15-9-17(28-3)16(27-2)8-13(15)10-22-23-18(24)11-21-19(25)12-4-6-14(20)7-5-12/h4-10H,11H2,1-3H3,(H,21,25)(H,23,24)/b22-10-. The van der Waals surface area contributed by atoms with Gasteiger partial charge in [-0.15, -0.1) is 0 Å². The monoisotopic (exact) mass is 389 g/mol. The predicted molar refractivity (Wildman–Crippen MR) is 101 cm³/mol. The Labute approximate surface area is 161 Å². The Kier molecular flexibility index (Phi) is 7.32. The highest BCUT2D eigenvalue weighted by Crippen LogP contribution is 2.33. The topological polar surface area (TPSA) is 98.2 Å². The average molecular weight is 389 g/mol. The van der Waals surface area contributed by atoms with Crippen LogP contribution in [-0.4, -0.2) is 45.9 Å². The molecule has 0 saturated heterocycles. The lowest BCUT2D eigenvalue weighted by Crippen LogP contribution is -2.34. The molecule has 2 amide bonds. The van der Waals surface area contributed by atoms with Gasteiger partial charge in [-0.25, -0.2) is 9.82 Å². The van der Waals surface area contributed by atoms with Crippen LogP contribution in [0.2, 0.25) is 0 Å². The van der Waals surface area contributed by atoms with E-state index in [0.717, 1.165) is 12.1 Å². The zero-order valence-corrected chi connectivity index (χ0v) is 15.6. The molecule has 0 heterocycles. The molecule has 0 atom stereocenters. The van der Waals surface area contributed by atoms with Crippen molar-refractivity contribution in [2.75, 3.05) is 27.9 Å². The minimum Gasteiger partial charge on any atom is -0.496 e. The maximum absolute atomic E-state index is 12.9. The number of hydrogen-bond acceptors (Lipinski definition) is 6. The summed E-state index contributed by atoms with van der Waals surface area (Å²) >= 11 is 0. The number of nitrogens with one attached hydrogen (secondary N) is 2. The highest BCUT2D eigenvalue weighted by molar-refractivity contribution is 5.96. The van der Waals surface area contributed by atoms with Gasteiger partial charge in [0, 0.05) is 17.2 Å². The number of amides is 2. The summed E-state index contributed by atoms with van der Waals surface area (Å²) < 4.78 is 28.5. The van der Waals surface area contributed by atoms with E-state index in [1.54, 1.807) is 12.1 Å². The van der Waals surface area contributed by atoms with Crippen molar-refractivity contribution in [2.45, 2.75) is 0 Å². The molecule has 2 rings (SSSR count). The summed E-state index contributed by atoms with van der Waals surface area (Å²) in [6.07, 6.45) is 1.38. The van der Waals surface area contributed by atoms with Gasteiger partial charge >= 0.3 is 0 Å². The molecule has 0 saturated carbocycles. The van der Waals surface area contributed by atoms with Crippen molar-refractivity contribution in [3.63, 3.8) is 0 Å². The summed E-state index contributed by atoms with van der Waals surface area (Å²) in [5.41, 5.74) is 3.09. The molecule has 28 heavy (non-hydrogen) atoms. The molecule has 0 fully saturated rings. The quantitative estimate of drug-likeness (QED) is 0.529. The van der Waals surface area contributed by atoms with Gasteiger partial charge in [-0.3, -0.25) is 9.59 Å². The molecule has 0 bridgehead atoms. The third-order valence-electron chi connectivity index (χ3n) is 3.64. The maximum Gasteiger partial charge on any atom is 0.259 e. The lowest BCUT2D eigenvalue weighted by Gasteiger charge is -2.11. The molecule has 0 aliphatic heterocycles. The van der Waals surface area contributed by atoms with Crippen LogP contribution in [0.1, 0.15) is 15.9 Å². The molecule has 0 spiro atoms. The number of carbonyl (C=O) groups excluding carboxylic acids is 2. The van der Waals surface area contributed by atoms with Crippen molar-refractivity contribution >= 4 is 18.0 Å². The molecule has 2 N–H and O–H groups in total. The Morgan fingerprint density at radius 2 is 1.61 bits per heavy atom. The fourth-order valence-electron chi connectivity index (χ4n) is 2.23. The number of nitrogens with zero attached hydrogens (tertiary/aromatic N) is 1. The van der Waals surface area contributed by atoms with E-state index in [0.29, 0.717) is 22.8 Å². The third-order valence-corrected chi connectivity index (χ3v) is 3.64. The number of methoxy groups -OCH3 is 3. The molecule has 148 valence electrons. The van der Waals surface area contributed by atoms with Crippen molar-refractivity contribution < 1.29 is 28.2 Å². The van der Waals surface area contributed by atoms with Crippen molar-refractivity contribution in [2.24, 2.45) is 5.10 Å². The minimum atomic E-state index is -0.536. The zero-order valence-electron chi connectivity index (χ0n) is 15.6. The normalized spacial score (nSPS) is 10.4. The zero-order chi connectivity index (χ0) is 20.5. The molecule has 0 aromatic heterocycles. The maximum atomic E-state index is 12.9. The second kappa shape index (κ2) is 9.91. The van der Waals surface area contributed by atoms with Crippen LogP contribution >= 0.6 is 0 Å². The molecule has 2 aromatic carbocycles. The number of hydrazone groups is 1. The van der Waals surface area contributed by atoms with Gasteiger partial charge in [0.15, 0.2) is 11.5 Å². The fourth-order valence-corrected chi connectivity index (χ4v) is 2.23. The first-order valence-corrected chi connectivity index (χ1v) is 8.14. The van der Waals surface area contributed by atoms with Crippen LogP contribution in [0.15, 0.2) is 41.5 Å². The van der Waals surface area contributed by atoms with Crippen LogP contribution < -0.4 is 25.0 Å². The number of carbonyl (C=O) groups is 2. The number of rotatable bonds is 8. The molecular formula is C19H20FN3O5. The first-order valence-electron chi connectivity index (χ1n) is 8.14. The van der Waals surface area contributed by atoms with E-state index in [1.807, 2.05) is 0 Å².